The van der Waals surface area contributed by atoms with Crippen molar-refractivity contribution < 1.29 is 19.9 Å². The highest BCUT2D eigenvalue weighted by atomic mass is 16.5. The summed E-state index contributed by atoms with van der Waals surface area (Å²) in [5.74, 6) is -0.864. The van der Waals surface area contributed by atoms with Crippen LogP contribution in [0, 0.1) is 0 Å². The number of carboxylic acids is 1. The van der Waals surface area contributed by atoms with Crippen molar-refractivity contribution in [3.63, 3.8) is 0 Å². The van der Waals surface area contributed by atoms with Gasteiger partial charge in [-0.05, 0) is 25.0 Å². The average Bonchev–Trinajstić information content (AvgIpc) is 2.98. The van der Waals surface area contributed by atoms with Gasteiger partial charge in [0, 0.05) is 12.1 Å². The molecule has 0 saturated heterocycles. The summed E-state index contributed by atoms with van der Waals surface area (Å²) in [7, 11) is 0. The first-order valence-corrected chi connectivity index (χ1v) is 8.03. The van der Waals surface area contributed by atoms with Crippen molar-refractivity contribution in [3.8, 4) is 0 Å². The number of hydroxylamine groups is 1. The second-order valence-electron chi connectivity index (χ2n) is 5.99. The third-order valence-corrected chi connectivity index (χ3v) is 4.45. The smallest absolute Gasteiger partial charge is 0.339 e. The lowest BCUT2D eigenvalue weighted by Crippen LogP contribution is -2.27. The lowest BCUT2D eigenvalue weighted by Gasteiger charge is -2.22. The highest BCUT2D eigenvalue weighted by Gasteiger charge is 2.25. The molecule has 0 unspecified atom stereocenters. The quantitative estimate of drug-likeness (QED) is 0.491. The van der Waals surface area contributed by atoms with Crippen molar-refractivity contribution in [3.05, 3.63) is 29.6 Å². The zero-order valence-corrected chi connectivity index (χ0v) is 13.2. The van der Waals surface area contributed by atoms with E-state index in [2.05, 4.69) is 10.3 Å². The van der Waals surface area contributed by atoms with E-state index >= 15 is 0 Å². The molecule has 2 heterocycles. The fraction of sp³-hybridized carbons (Fsp3) is 0.438. The number of rotatable bonds is 5. The number of aromatic carboxylic acids is 1. The molecule has 24 heavy (non-hydrogen) atoms. The van der Waals surface area contributed by atoms with Crippen LogP contribution in [0.5, 0.6) is 0 Å². The summed E-state index contributed by atoms with van der Waals surface area (Å²) in [6.07, 6.45) is 7.25. The van der Waals surface area contributed by atoms with Gasteiger partial charge in [-0.1, -0.05) is 19.3 Å². The molecule has 2 aromatic rings. The van der Waals surface area contributed by atoms with E-state index in [1.807, 2.05) is 0 Å². The van der Waals surface area contributed by atoms with Gasteiger partial charge in [-0.15, -0.1) is 0 Å². The largest absolute Gasteiger partial charge is 0.478 e. The second-order valence-corrected chi connectivity index (χ2v) is 5.99. The van der Waals surface area contributed by atoms with Gasteiger partial charge in [0.25, 0.3) is 5.91 Å². The predicted molar refractivity (Wildman–Crippen MR) is 86.4 cm³/mol. The molecule has 1 aliphatic rings. The Balaban J connectivity index is 2.07. The first-order chi connectivity index (χ1) is 11.6. The standard InChI is InChI=1S/C16H20N4O4/c21-12(19-24)9-17-14-13(10-5-2-1-3-6-10)20-8-4-7-11(16(22)23)15(20)18-14/h4,7-8,10,17,24H,1-3,5-6,9H2,(H,19,21)(H,22,23). The molecular weight excluding hydrogens is 312 g/mol. The fourth-order valence-electron chi connectivity index (χ4n) is 3.35. The number of imidazole rings is 1. The molecule has 1 amide bonds. The Kier molecular flexibility index (Phi) is 4.66. The Hall–Kier alpha value is -2.61. The van der Waals surface area contributed by atoms with E-state index in [9.17, 15) is 14.7 Å². The first-order valence-electron chi connectivity index (χ1n) is 8.03. The number of pyridine rings is 1. The maximum Gasteiger partial charge on any atom is 0.339 e. The van der Waals surface area contributed by atoms with Crippen LogP contribution in [0.2, 0.25) is 0 Å². The lowest BCUT2D eigenvalue weighted by atomic mass is 9.87. The van der Waals surface area contributed by atoms with Gasteiger partial charge in [-0.25, -0.2) is 15.3 Å². The third-order valence-electron chi connectivity index (χ3n) is 4.45. The minimum Gasteiger partial charge on any atom is -0.478 e. The highest BCUT2D eigenvalue weighted by Crippen LogP contribution is 2.37. The van der Waals surface area contributed by atoms with Gasteiger partial charge in [-0.3, -0.25) is 10.0 Å². The van der Waals surface area contributed by atoms with Gasteiger partial charge in [0.05, 0.1) is 12.2 Å². The number of fused-ring (bicyclic) bond motifs is 1. The Morgan fingerprint density at radius 2 is 2.04 bits per heavy atom. The molecule has 1 fully saturated rings. The molecule has 0 spiro atoms. The van der Waals surface area contributed by atoms with E-state index < -0.39 is 11.9 Å². The SMILES string of the molecule is O=C(CNc1nc2c(C(=O)O)cccn2c1C1CCCCC1)NO. The van der Waals surface area contributed by atoms with Crippen LogP contribution in [0.3, 0.4) is 0 Å². The van der Waals surface area contributed by atoms with E-state index in [4.69, 9.17) is 5.21 Å². The van der Waals surface area contributed by atoms with Gasteiger partial charge in [0.2, 0.25) is 0 Å². The van der Waals surface area contributed by atoms with Crippen molar-refractivity contribution in [2.45, 2.75) is 38.0 Å². The fourth-order valence-corrected chi connectivity index (χ4v) is 3.35. The van der Waals surface area contributed by atoms with Gasteiger partial charge in [0.15, 0.2) is 5.65 Å². The maximum atomic E-state index is 11.5. The normalized spacial score (nSPS) is 15.4. The van der Waals surface area contributed by atoms with E-state index in [1.165, 1.54) is 12.5 Å². The summed E-state index contributed by atoms with van der Waals surface area (Å²) < 4.78 is 1.80. The summed E-state index contributed by atoms with van der Waals surface area (Å²) in [5.41, 5.74) is 2.95. The minimum atomic E-state index is -1.04. The molecule has 1 aliphatic carbocycles. The molecule has 0 bridgehead atoms. The van der Waals surface area contributed by atoms with Gasteiger partial charge in [0.1, 0.15) is 11.4 Å². The summed E-state index contributed by atoms with van der Waals surface area (Å²) in [6, 6.07) is 3.20. The van der Waals surface area contributed by atoms with Crippen LogP contribution in [0.15, 0.2) is 18.3 Å². The van der Waals surface area contributed by atoms with Crippen molar-refractivity contribution in [2.75, 3.05) is 11.9 Å². The number of hydrogen-bond donors (Lipinski definition) is 4. The highest BCUT2D eigenvalue weighted by molar-refractivity contribution is 5.95. The summed E-state index contributed by atoms with van der Waals surface area (Å²) in [6.45, 7) is -0.136. The third kappa shape index (κ3) is 3.05. The molecule has 4 N–H and O–H groups in total. The molecule has 8 heteroatoms. The lowest BCUT2D eigenvalue weighted by molar-refractivity contribution is -0.127. The van der Waals surface area contributed by atoms with Gasteiger partial charge in [-0.2, -0.15) is 0 Å². The number of carbonyl (C=O) groups excluding carboxylic acids is 1. The van der Waals surface area contributed by atoms with E-state index in [1.54, 1.807) is 22.1 Å². The predicted octanol–water partition coefficient (Wildman–Crippen LogP) is 2.00. The molecule has 0 radical (unpaired) electrons. The minimum absolute atomic E-state index is 0.120. The van der Waals surface area contributed by atoms with Crippen LogP contribution < -0.4 is 10.8 Å². The van der Waals surface area contributed by atoms with Crippen molar-refractivity contribution in [1.29, 1.82) is 0 Å². The van der Waals surface area contributed by atoms with Gasteiger partial charge < -0.3 is 14.8 Å². The number of nitrogens with zero attached hydrogens (tertiary/aromatic N) is 2. The Morgan fingerprint density at radius 1 is 1.29 bits per heavy atom. The molecule has 128 valence electrons. The molecule has 2 aromatic heterocycles. The topological polar surface area (TPSA) is 116 Å². The summed E-state index contributed by atoms with van der Waals surface area (Å²) in [5, 5.41) is 20.9. The molecule has 3 rings (SSSR count). The van der Waals surface area contributed by atoms with Crippen LogP contribution in [-0.4, -0.2) is 38.1 Å². The number of carboxylic acid groups (broad SMARTS) is 1. The molecule has 8 nitrogen and oxygen atoms in total. The molecule has 0 aliphatic heterocycles. The number of hydrogen-bond acceptors (Lipinski definition) is 5. The molecule has 1 saturated carbocycles. The number of aromatic nitrogens is 2. The van der Waals surface area contributed by atoms with Crippen LogP contribution in [-0.2, 0) is 4.79 Å². The molecular formula is C16H20N4O4. The van der Waals surface area contributed by atoms with Crippen molar-refractivity contribution in [1.82, 2.24) is 14.9 Å². The van der Waals surface area contributed by atoms with Crippen molar-refractivity contribution in [2.24, 2.45) is 0 Å². The van der Waals surface area contributed by atoms with E-state index in [0.717, 1.165) is 31.4 Å². The maximum absolute atomic E-state index is 11.5. The molecule has 0 atom stereocenters. The Bertz CT molecular complexity index is 765. The molecule has 0 aromatic carbocycles. The average molecular weight is 332 g/mol. The zero-order valence-electron chi connectivity index (χ0n) is 13.2. The van der Waals surface area contributed by atoms with E-state index in [0.29, 0.717) is 11.5 Å². The van der Waals surface area contributed by atoms with Crippen LogP contribution in [0.25, 0.3) is 5.65 Å². The number of nitrogens with one attached hydrogen (secondary N) is 2. The number of amides is 1. The second kappa shape index (κ2) is 6.88. The van der Waals surface area contributed by atoms with Gasteiger partial charge >= 0.3 is 5.97 Å². The zero-order chi connectivity index (χ0) is 17.1. The Labute approximate surface area is 138 Å². The number of anilines is 1. The Morgan fingerprint density at radius 3 is 2.71 bits per heavy atom. The summed E-state index contributed by atoms with van der Waals surface area (Å²) in [4.78, 5) is 27.2. The summed E-state index contributed by atoms with van der Waals surface area (Å²) >= 11 is 0. The van der Waals surface area contributed by atoms with Crippen molar-refractivity contribution >= 4 is 23.3 Å². The van der Waals surface area contributed by atoms with Crippen LogP contribution in [0.1, 0.15) is 54.1 Å². The first kappa shape index (κ1) is 16.3. The van der Waals surface area contributed by atoms with Crippen LogP contribution >= 0.6 is 0 Å². The monoisotopic (exact) mass is 332 g/mol. The van der Waals surface area contributed by atoms with Crippen LogP contribution in [0.4, 0.5) is 5.82 Å². The van der Waals surface area contributed by atoms with E-state index in [-0.39, 0.29) is 18.0 Å². The number of carbonyl (C=O) groups is 2.